The van der Waals surface area contributed by atoms with Gasteiger partial charge in [-0.2, -0.15) is 26.3 Å². The molecule has 0 amide bonds. The number of imidazole rings is 1. The lowest BCUT2D eigenvalue weighted by Gasteiger charge is -2.27. The zero-order valence-corrected chi connectivity index (χ0v) is 18.9. The molecule has 2 heterocycles. The van der Waals surface area contributed by atoms with E-state index in [1.807, 2.05) is 0 Å². The molecule has 0 saturated heterocycles. The Kier molecular flexibility index (Phi) is 6.96. The molecule has 13 heteroatoms. The maximum atomic E-state index is 13.3. The Morgan fingerprint density at radius 1 is 1.19 bits per heavy atom. The van der Waals surface area contributed by atoms with Gasteiger partial charge < -0.3 is 15.9 Å². The Morgan fingerprint density at radius 2 is 1.81 bits per heavy atom. The van der Waals surface area contributed by atoms with Gasteiger partial charge in [0.25, 0.3) is 0 Å². The number of hydrogen-bond acceptors (Lipinski definition) is 5. The number of benzene rings is 1. The first-order chi connectivity index (χ1) is 16.5. The van der Waals surface area contributed by atoms with Crippen molar-refractivity contribution < 1.29 is 41.4 Å². The molecule has 2 aromatic heterocycles. The number of halogens is 6. The number of aromatic nitrogens is 3. The van der Waals surface area contributed by atoms with Gasteiger partial charge in [0.15, 0.2) is 17.1 Å². The summed E-state index contributed by atoms with van der Waals surface area (Å²) in [4.78, 5) is 17.4. The van der Waals surface area contributed by atoms with E-state index < -0.39 is 23.9 Å². The molecule has 36 heavy (non-hydrogen) atoms. The van der Waals surface area contributed by atoms with E-state index in [1.54, 1.807) is 23.6 Å². The number of nitrogens with two attached hydrogens (primary N) is 1. The lowest BCUT2D eigenvalue weighted by atomic mass is 9.91. The van der Waals surface area contributed by atoms with Crippen LogP contribution in [0, 0.1) is 24.7 Å². The normalized spacial score (nSPS) is 15.4. The third-order valence-electron chi connectivity index (χ3n) is 5.37. The zero-order valence-electron chi connectivity index (χ0n) is 18.9. The molecule has 4 N–H and O–H groups in total. The van der Waals surface area contributed by atoms with Crippen LogP contribution in [-0.2, 0) is 10.4 Å². The van der Waals surface area contributed by atoms with Gasteiger partial charge in [0.05, 0.1) is 11.9 Å². The summed E-state index contributed by atoms with van der Waals surface area (Å²) < 4.78 is 73.3. The third kappa shape index (κ3) is 5.71. The minimum atomic E-state index is -5.08. The Labute approximate surface area is 200 Å². The highest BCUT2D eigenvalue weighted by molar-refractivity contribution is 5.73. The molecule has 3 aromatic rings. The molecule has 1 unspecified atom stereocenters. The minimum absolute atomic E-state index is 0.190. The quantitative estimate of drug-likeness (QED) is 0.344. The fourth-order valence-corrected chi connectivity index (χ4v) is 3.04. The van der Waals surface area contributed by atoms with Crippen molar-refractivity contribution in [1.29, 1.82) is 0 Å². The molecule has 1 saturated carbocycles. The first kappa shape index (κ1) is 26.8. The van der Waals surface area contributed by atoms with Crippen LogP contribution in [0.5, 0.6) is 0 Å². The number of aliphatic carboxylic acids is 1. The summed E-state index contributed by atoms with van der Waals surface area (Å²) in [5, 5.41) is 17.2. The lowest BCUT2D eigenvalue weighted by molar-refractivity contribution is -0.258. The summed E-state index contributed by atoms with van der Waals surface area (Å²) in [5.41, 5.74) is 5.43. The minimum Gasteiger partial charge on any atom is -0.475 e. The summed E-state index contributed by atoms with van der Waals surface area (Å²) in [7, 11) is 0. The molecular weight excluding hydrogens is 494 g/mol. The van der Waals surface area contributed by atoms with Crippen molar-refractivity contribution in [2.75, 3.05) is 5.73 Å². The number of nitrogens with zero attached hydrogens (tertiary/aromatic N) is 3. The number of anilines is 1. The van der Waals surface area contributed by atoms with Crippen LogP contribution < -0.4 is 5.73 Å². The van der Waals surface area contributed by atoms with Crippen LogP contribution in [0.2, 0.25) is 0 Å². The van der Waals surface area contributed by atoms with Crippen LogP contribution in [0.3, 0.4) is 0 Å². The SMILES string of the molecule is Cc1ccc(C(C)(O)C(F)(F)F)cc1-c1cnc2c(N)nc(C#CC3CC3)cn12.O=C(O)C(F)(F)F. The molecule has 1 aliphatic rings. The van der Waals surface area contributed by atoms with E-state index in [1.165, 1.54) is 18.3 Å². The summed E-state index contributed by atoms with van der Waals surface area (Å²) in [6.07, 6.45) is -4.53. The van der Waals surface area contributed by atoms with E-state index in [4.69, 9.17) is 15.6 Å². The number of carboxylic acid groups (broad SMARTS) is 1. The monoisotopic (exact) mass is 514 g/mol. The van der Waals surface area contributed by atoms with E-state index >= 15 is 0 Å². The number of carbonyl (C=O) groups is 1. The van der Waals surface area contributed by atoms with Crippen molar-refractivity contribution in [2.45, 2.75) is 44.6 Å². The van der Waals surface area contributed by atoms with Gasteiger partial charge in [-0.05, 0) is 49.8 Å². The van der Waals surface area contributed by atoms with E-state index in [0.29, 0.717) is 28.5 Å². The Hall–Kier alpha value is -3.79. The Balaban J connectivity index is 0.000000454. The summed E-state index contributed by atoms with van der Waals surface area (Å²) in [6, 6.07) is 4.15. The average molecular weight is 514 g/mol. The van der Waals surface area contributed by atoms with Crippen molar-refractivity contribution in [3.05, 3.63) is 47.4 Å². The molecule has 7 nitrogen and oxygen atoms in total. The second kappa shape index (κ2) is 9.34. The van der Waals surface area contributed by atoms with Crippen LogP contribution in [0.15, 0.2) is 30.6 Å². The first-order valence-corrected chi connectivity index (χ1v) is 10.4. The van der Waals surface area contributed by atoms with Gasteiger partial charge in [-0.1, -0.05) is 18.1 Å². The highest BCUT2D eigenvalue weighted by atomic mass is 19.4. The van der Waals surface area contributed by atoms with E-state index in [9.17, 15) is 31.4 Å². The topological polar surface area (TPSA) is 114 Å². The first-order valence-electron chi connectivity index (χ1n) is 10.4. The van der Waals surface area contributed by atoms with Crippen LogP contribution in [0.1, 0.15) is 36.6 Å². The number of fused-ring (bicyclic) bond motifs is 1. The van der Waals surface area contributed by atoms with Gasteiger partial charge in [-0.15, -0.1) is 0 Å². The number of aryl methyl sites for hydroxylation is 1. The van der Waals surface area contributed by atoms with Crippen molar-refractivity contribution in [2.24, 2.45) is 5.92 Å². The maximum Gasteiger partial charge on any atom is 0.490 e. The molecule has 1 atom stereocenters. The summed E-state index contributed by atoms with van der Waals surface area (Å²) in [6.45, 7) is 2.52. The van der Waals surface area contributed by atoms with Gasteiger partial charge in [0, 0.05) is 17.7 Å². The fraction of sp³-hybridized carbons (Fsp3) is 0.348. The third-order valence-corrected chi connectivity index (χ3v) is 5.37. The van der Waals surface area contributed by atoms with Gasteiger partial charge >= 0.3 is 18.3 Å². The number of nitrogen functional groups attached to an aromatic ring is 1. The van der Waals surface area contributed by atoms with Crippen molar-refractivity contribution in [3.8, 4) is 23.1 Å². The molecule has 1 aliphatic carbocycles. The van der Waals surface area contributed by atoms with Crippen molar-refractivity contribution in [3.63, 3.8) is 0 Å². The van der Waals surface area contributed by atoms with E-state index in [0.717, 1.165) is 25.3 Å². The number of hydrogen-bond donors (Lipinski definition) is 3. The van der Waals surface area contributed by atoms with E-state index in [-0.39, 0.29) is 11.4 Å². The predicted molar refractivity (Wildman–Crippen MR) is 116 cm³/mol. The molecule has 1 aromatic carbocycles. The molecular formula is C23H20F6N4O3. The number of alkyl halides is 6. The number of rotatable bonds is 2. The Morgan fingerprint density at radius 3 is 2.33 bits per heavy atom. The zero-order chi connectivity index (χ0) is 27.1. The van der Waals surface area contributed by atoms with Crippen LogP contribution in [-0.4, -0.2) is 42.9 Å². The molecule has 0 aliphatic heterocycles. The van der Waals surface area contributed by atoms with Crippen LogP contribution in [0.25, 0.3) is 16.9 Å². The summed E-state index contributed by atoms with van der Waals surface area (Å²) >= 11 is 0. The predicted octanol–water partition coefficient (Wildman–Crippen LogP) is 4.45. The standard InChI is InChI=1S/C21H19F3N4O.C2HF3O2/c1-12-3-7-14(20(2,29)21(22,23)24)9-16(12)17-10-26-19-18(25)27-15(11-28(17)19)8-6-13-4-5-13;3-2(4,5)1(6)7/h3,7,9-11,13,29H,4-5H2,1-2H3,(H2,25,27);(H,6,7). The number of aliphatic hydroxyl groups is 1. The molecule has 0 bridgehead atoms. The smallest absolute Gasteiger partial charge is 0.475 e. The highest BCUT2D eigenvalue weighted by Gasteiger charge is 2.51. The summed E-state index contributed by atoms with van der Waals surface area (Å²) in [5.74, 6) is 3.93. The number of carboxylic acids is 1. The largest absolute Gasteiger partial charge is 0.490 e. The molecule has 0 radical (unpaired) electrons. The second-order valence-electron chi connectivity index (χ2n) is 8.29. The maximum absolute atomic E-state index is 13.3. The molecule has 0 spiro atoms. The second-order valence-corrected chi connectivity index (χ2v) is 8.29. The van der Waals surface area contributed by atoms with E-state index in [2.05, 4.69) is 21.8 Å². The molecule has 1 fully saturated rings. The molecule has 192 valence electrons. The lowest BCUT2D eigenvalue weighted by Crippen LogP contribution is -2.39. The average Bonchev–Trinajstić information content (AvgIpc) is 3.49. The Bertz CT molecular complexity index is 1360. The van der Waals surface area contributed by atoms with Gasteiger partial charge in [0.1, 0.15) is 5.69 Å². The highest BCUT2D eigenvalue weighted by Crippen LogP contribution is 2.40. The van der Waals surface area contributed by atoms with Gasteiger partial charge in [0.2, 0.25) is 0 Å². The van der Waals surface area contributed by atoms with Crippen molar-refractivity contribution in [1.82, 2.24) is 14.4 Å². The van der Waals surface area contributed by atoms with Crippen LogP contribution >= 0.6 is 0 Å². The van der Waals surface area contributed by atoms with Crippen LogP contribution in [0.4, 0.5) is 32.2 Å². The van der Waals surface area contributed by atoms with Gasteiger partial charge in [-0.3, -0.25) is 4.40 Å². The van der Waals surface area contributed by atoms with Crippen molar-refractivity contribution >= 4 is 17.4 Å². The fourth-order valence-electron chi connectivity index (χ4n) is 3.04. The molecule has 4 rings (SSSR count). The van der Waals surface area contributed by atoms with Gasteiger partial charge in [-0.25, -0.2) is 14.8 Å².